The summed E-state index contributed by atoms with van der Waals surface area (Å²) in [6, 6.07) is 4.29. The summed E-state index contributed by atoms with van der Waals surface area (Å²) >= 11 is 0. The van der Waals surface area contributed by atoms with E-state index in [0.717, 1.165) is 9.80 Å². The van der Waals surface area contributed by atoms with E-state index >= 15 is 0 Å². The summed E-state index contributed by atoms with van der Waals surface area (Å²) in [5.41, 5.74) is 0.386. The molecular weight excluding hydrogens is 414 g/mol. The molecule has 32 heavy (non-hydrogen) atoms. The molecule has 9 heteroatoms. The highest BCUT2D eigenvalue weighted by Crippen LogP contribution is 2.30. The number of urea groups is 1. The van der Waals surface area contributed by atoms with Crippen LogP contribution in [0.3, 0.4) is 0 Å². The van der Waals surface area contributed by atoms with Crippen LogP contribution in [0.5, 0.6) is 11.5 Å². The van der Waals surface area contributed by atoms with Crippen LogP contribution in [0.1, 0.15) is 40.2 Å². The molecule has 0 radical (unpaired) electrons. The minimum atomic E-state index is -0.683. The molecule has 0 spiro atoms. The number of benzene rings is 1. The highest BCUT2D eigenvalue weighted by molar-refractivity contribution is 6.30. The average molecular weight is 446 g/mol. The number of ether oxygens (including phenoxy) is 2. The standard InChI is InChI=1S/C23H31N3O6/c1-8-31-19-12-16(11-17-21(28)24(6)23(30)25(7)22(17)29)9-10-18(19)32-13-20(27)26(14(2)3)15(4)5/h9-12,14-15H,8,13H2,1-7H3. The van der Waals surface area contributed by atoms with Gasteiger partial charge in [-0.3, -0.25) is 24.2 Å². The first-order chi connectivity index (χ1) is 15.0. The van der Waals surface area contributed by atoms with Crippen LogP contribution in [-0.4, -0.2) is 77.8 Å². The molecular formula is C23H31N3O6. The first kappa shape index (κ1) is 24.9. The van der Waals surface area contributed by atoms with E-state index in [1.807, 2.05) is 34.6 Å². The third-order valence-electron chi connectivity index (χ3n) is 4.97. The van der Waals surface area contributed by atoms with Crippen molar-refractivity contribution in [3.8, 4) is 11.5 Å². The van der Waals surface area contributed by atoms with Gasteiger partial charge in [-0.25, -0.2) is 4.79 Å². The first-order valence-electron chi connectivity index (χ1n) is 10.5. The van der Waals surface area contributed by atoms with Crippen molar-refractivity contribution in [1.82, 2.24) is 14.7 Å². The normalized spacial score (nSPS) is 14.4. The Labute approximate surface area is 188 Å². The first-order valence-corrected chi connectivity index (χ1v) is 10.5. The van der Waals surface area contributed by atoms with Gasteiger partial charge in [-0.15, -0.1) is 0 Å². The zero-order valence-corrected chi connectivity index (χ0v) is 19.7. The molecule has 0 N–H and O–H groups in total. The van der Waals surface area contributed by atoms with E-state index in [-0.39, 0.29) is 30.2 Å². The number of nitrogens with zero attached hydrogens (tertiary/aromatic N) is 3. The van der Waals surface area contributed by atoms with Crippen LogP contribution in [0.2, 0.25) is 0 Å². The van der Waals surface area contributed by atoms with Crippen molar-refractivity contribution in [3.63, 3.8) is 0 Å². The Morgan fingerprint density at radius 1 is 0.969 bits per heavy atom. The monoisotopic (exact) mass is 445 g/mol. The molecule has 0 unspecified atom stereocenters. The van der Waals surface area contributed by atoms with Gasteiger partial charge in [0.1, 0.15) is 5.57 Å². The van der Waals surface area contributed by atoms with Crippen molar-refractivity contribution in [1.29, 1.82) is 0 Å². The minimum Gasteiger partial charge on any atom is -0.490 e. The van der Waals surface area contributed by atoms with Crippen molar-refractivity contribution in [2.45, 2.75) is 46.7 Å². The van der Waals surface area contributed by atoms with Crippen LogP contribution >= 0.6 is 0 Å². The fraction of sp³-hybridized carbons (Fsp3) is 0.478. The Morgan fingerprint density at radius 3 is 2.03 bits per heavy atom. The number of imide groups is 2. The lowest BCUT2D eigenvalue weighted by Gasteiger charge is -2.30. The lowest BCUT2D eigenvalue weighted by atomic mass is 10.1. The highest BCUT2D eigenvalue weighted by atomic mass is 16.5. The molecule has 9 nitrogen and oxygen atoms in total. The fourth-order valence-corrected chi connectivity index (χ4v) is 3.53. The summed E-state index contributed by atoms with van der Waals surface area (Å²) in [5.74, 6) is -0.740. The van der Waals surface area contributed by atoms with Crippen LogP contribution in [0.25, 0.3) is 6.08 Å². The van der Waals surface area contributed by atoms with Gasteiger partial charge in [0.2, 0.25) is 0 Å². The molecule has 0 aromatic heterocycles. The Bertz CT molecular complexity index is 904. The van der Waals surface area contributed by atoms with Gasteiger partial charge >= 0.3 is 6.03 Å². The Morgan fingerprint density at radius 2 is 1.53 bits per heavy atom. The molecule has 0 saturated carbocycles. The molecule has 1 aliphatic heterocycles. The van der Waals surface area contributed by atoms with Crippen LogP contribution in [0.15, 0.2) is 23.8 Å². The van der Waals surface area contributed by atoms with Gasteiger partial charge in [0.15, 0.2) is 18.1 Å². The SMILES string of the molecule is CCOc1cc(C=C2C(=O)N(C)C(=O)N(C)C2=O)ccc1OCC(=O)N(C(C)C)C(C)C. The van der Waals surface area contributed by atoms with E-state index in [1.165, 1.54) is 20.2 Å². The summed E-state index contributed by atoms with van der Waals surface area (Å²) in [5, 5.41) is 0. The molecule has 174 valence electrons. The van der Waals surface area contributed by atoms with Crippen molar-refractivity contribution < 1.29 is 28.7 Å². The lowest BCUT2D eigenvalue weighted by molar-refractivity contribution is -0.137. The second kappa shape index (κ2) is 10.3. The predicted molar refractivity (Wildman–Crippen MR) is 119 cm³/mol. The van der Waals surface area contributed by atoms with E-state index in [0.29, 0.717) is 23.7 Å². The van der Waals surface area contributed by atoms with Crippen LogP contribution in [0, 0.1) is 0 Å². The maximum Gasteiger partial charge on any atom is 0.333 e. The molecule has 1 aromatic rings. The second-order valence-electron chi connectivity index (χ2n) is 7.99. The van der Waals surface area contributed by atoms with E-state index in [4.69, 9.17) is 9.47 Å². The maximum absolute atomic E-state index is 12.6. The summed E-state index contributed by atoms with van der Waals surface area (Å²) in [6.45, 7) is 9.80. The lowest BCUT2D eigenvalue weighted by Crippen LogP contribution is -2.52. The van der Waals surface area contributed by atoms with Crippen LogP contribution in [-0.2, 0) is 14.4 Å². The van der Waals surface area contributed by atoms with Gasteiger partial charge in [-0.2, -0.15) is 0 Å². The van der Waals surface area contributed by atoms with Gasteiger partial charge in [-0.05, 0) is 58.4 Å². The largest absolute Gasteiger partial charge is 0.490 e. The Hall–Kier alpha value is -3.36. The van der Waals surface area contributed by atoms with Crippen molar-refractivity contribution in [2.24, 2.45) is 0 Å². The zero-order valence-electron chi connectivity index (χ0n) is 19.7. The minimum absolute atomic E-state index is 0.0418. The number of carbonyl (C=O) groups excluding carboxylic acids is 4. The summed E-state index contributed by atoms with van der Waals surface area (Å²) < 4.78 is 11.4. The summed E-state index contributed by atoms with van der Waals surface area (Å²) in [4.78, 5) is 52.8. The zero-order chi connectivity index (χ0) is 24.2. The molecule has 0 atom stereocenters. The van der Waals surface area contributed by atoms with E-state index < -0.39 is 17.8 Å². The number of hydrogen-bond donors (Lipinski definition) is 0. The van der Waals surface area contributed by atoms with Crippen LogP contribution in [0.4, 0.5) is 4.79 Å². The number of carbonyl (C=O) groups is 4. The Balaban J connectivity index is 2.29. The number of rotatable bonds is 8. The summed E-state index contributed by atoms with van der Waals surface area (Å²) in [7, 11) is 2.64. The second-order valence-corrected chi connectivity index (χ2v) is 7.99. The van der Waals surface area contributed by atoms with Crippen molar-refractivity contribution in [3.05, 3.63) is 29.3 Å². The van der Waals surface area contributed by atoms with Gasteiger partial charge < -0.3 is 14.4 Å². The molecule has 1 saturated heterocycles. The molecule has 1 heterocycles. The fourth-order valence-electron chi connectivity index (χ4n) is 3.53. The quantitative estimate of drug-likeness (QED) is 0.451. The highest BCUT2D eigenvalue weighted by Gasteiger charge is 2.37. The van der Waals surface area contributed by atoms with Gasteiger partial charge in [0, 0.05) is 26.2 Å². The third kappa shape index (κ3) is 5.27. The smallest absolute Gasteiger partial charge is 0.333 e. The van der Waals surface area contributed by atoms with Crippen molar-refractivity contribution in [2.75, 3.05) is 27.3 Å². The van der Waals surface area contributed by atoms with E-state index in [1.54, 1.807) is 23.1 Å². The predicted octanol–water partition coefficient (Wildman–Crippen LogP) is 2.54. The topological polar surface area (TPSA) is 96.5 Å². The van der Waals surface area contributed by atoms with Crippen LogP contribution < -0.4 is 9.47 Å². The van der Waals surface area contributed by atoms with Gasteiger partial charge in [0.05, 0.1) is 6.61 Å². The number of likely N-dealkylation sites (N-methyl/N-ethyl adjacent to an activating group) is 2. The number of amides is 5. The Kier molecular flexibility index (Phi) is 8.02. The molecule has 5 amide bonds. The summed E-state index contributed by atoms with van der Waals surface area (Å²) in [6.07, 6.45) is 1.40. The van der Waals surface area contributed by atoms with Gasteiger partial charge in [-0.1, -0.05) is 6.07 Å². The van der Waals surface area contributed by atoms with E-state index in [2.05, 4.69) is 0 Å². The van der Waals surface area contributed by atoms with Crippen molar-refractivity contribution >= 4 is 29.8 Å². The average Bonchev–Trinajstić information content (AvgIpc) is 2.73. The number of hydrogen-bond acceptors (Lipinski definition) is 6. The molecule has 0 aliphatic carbocycles. The maximum atomic E-state index is 12.6. The number of barbiturate groups is 1. The molecule has 2 rings (SSSR count). The third-order valence-corrected chi connectivity index (χ3v) is 4.97. The molecule has 1 aromatic carbocycles. The van der Waals surface area contributed by atoms with Gasteiger partial charge in [0.25, 0.3) is 17.7 Å². The van der Waals surface area contributed by atoms with E-state index in [9.17, 15) is 19.2 Å². The molecule has 0 bridgehead atoms. The molecule has 1 fully saturated rings. The molecule has 1 aliphatic rings.